The molecule has 100 valence electrons. The summed E-state index contributed by atoms with van der Waals surface area (Å²) in [6.45, 7) is 0. The third-order valence-corrected chi connectivity index (χ3v) is 3.44. The standard InChI is InChI=1S/C15H14BrFO2/c16-12-7-6-11(13(17)9-12)8-14(18)15(19)10-4-2-1-3-5-10/h1-7,9,14-15,18-19H,8H2. The first-order chi connectivity index (χ1) is 9.08. The Morgan fingerprint density at radius 3 is 2.37 bits per heavy atom. The lowest BCUT2D eigenvalue weighted by Gasteiger charge is -2.18. The fourth-order valence-electron chi connectivity index (χ4n) is 1.90. The van der Waals surface area contributed by atoms with E-state index >= 15 is 0 Å². The molecular weight excluding hydrogens is 311 g/mol. The summed E-state index contributed by atoms with van der Waals surface area (Å²) >= 11 is 3.18. The van der Waals surface area contributed by atoms with Crippen molar-refractivity contribution in [1.82, 2.24) is 0 Å². The maximum absolute atomic E-state index is 13.7. The summed E-state index contributed by atoms with van der Waals surface area (Å²) in [5, 5.41) is 20.0. The Morgan fingerprint density at radius 2 is 1.74 bits per heavy atom. The third kappa shape index (κ3) is 3.62. The van der Waals surface area contributed by atoms with Gasteiger partial charge in [0.15, 0.2) is 0 Å². The predicted molar refractivity (Wildman–Crippen MR) is 75.2 cm³/mol. The molecule has 2 atom stereocenters. The van der Waals surface area contributed by atoms with Crippen molar-refractivity contribution in [2.24, 2.45) is 0 Å². The number of hydrogen-bond acceptors (Lipinski definition) is 2. The van der Waals surface area contributed by atoms with Crippen molar-refractivity contribution in [1.29, 1.82) is 0 Å². The molecule has 4 heteroatoms. The minimum atomic E-state index is -1.04. The van der Waals surface area contributed by atoms with Crippen LogP contribution in [0.4, 0.5) is 4.39 Å². The van der Waals surface area contributed by atoms with Crippen LogP contribution in [0.5, 0.6) is 0 Å². The molecule has 0 aliphatic heterocycles. The van der Waals surface area contributed by atoms with Crippen molar-refractivity contribution in [2.45, 2.75) is 18.6 Å². The van der Waals surface area contributed by atoms with Crippen LogP contribution < -0.4 is 0 Å². The summed E-state index contributed by atoms with van der Waals surface area (Å²) in [7, 11) is 0. The van der Waals surface area contributed by atoms with Crippen LogP contribution in [0, 0.1) is 5.82 Å². The highest BCUT2D eigenvalue weighted by atomic mass is 79.9. The average Bonchev–Trinajstić information content (AvgIpc) is 2.42. The second-order valence-corrected chi connectivity index (χ2v) is 5.28. The monoisotopic (exact) mass is 324 g/mol. The Kier molecular flexibility index (Phi) is 4.69. The van der Waals surface area contributed by atoms with Gasteiger partial charge in [0, 0.05) is 10.9 Å². The van der Waals surface area contributed by atoms with Gasteiger partial charge in [-0.1, -0.05) is 52.3 Å². The van der Waals surface area contributed by atoms with Crippen molar-refractivity contribution in [3.63, 3.8) is 0 Å². The van der Waals surface area contributed by atoms with Gasteiger partial charge in [-0.05, 0) is 23.3 Å². The Bertz CT molecular complexity index is 545. The van der Waals surface area contributed by atoms with Gasteiger partial charge < -0.3 is 10.2 Å². The number of rotatable bonds is 4. The molecule has 0 heterocycles. The second-order valence-electron chi connectivity index (χ2n) is 4.36. The molecule has 19 heavy (non-hydrogen) atoms. The minimum Gasteiger partial charge on any atom is -0.390 e. The van der Waals surface area contributed by atoms with E-state index in [2.05, 4.69) is 15.9 Å². The summed E-state index contributed by atoms with van der Waals surface area (Å²) in [5.41, 5.74) is 0.998. The number of aliphatic hydroxyl groups excluding tert-OH is 2. The van der Waals surface area contributed by atoms with Crippen molar-refractivity contribution in [3.8, 4) is 0 Å². The highest BCUT2D eigenvalue weighted by Crippen LogP contribution is 2.22. The maximum atomic E-state index is 13.7. The Labute approximate surface area is 119 Å². The Hall–Kier alpha value is -1.23. The van der Waals surface area contributed by atoms with Crippen LogP contribution in [0.15, 0.2) is 53.0 Å². The summed E-state index contributed by atoms with van der Waals surface area (Å²) in [6.07, 6.45) is -2.00. The lowest BCUT2D eigenvalue weighted by molar-refractivity contribution is 0.0185. The van der Waals surface area contributed by atoms with Crippen LogP contribution in [0.2, 0.25) is 0 Å². The largest absolute Gasteiger partial charge is 0.390 e. The molecule has 2 unspecified atom stereocenters. The van der Waals surface area contributed by atoms with E-state index in [1.54, 1.807) is 36.4 Å². The predicted octanol–water partition coefficient (Wildman–Crippen LogP) is 3.23. The fraction of sp³-hybridized carbons (Fsp3) is 0.200. The van der Waals surface area contributed by atoms with Gasteiger partial charge in [0.25, 0.3) is 0 Å². The highest BCUT2D eigenvalue weighted by Gasteiger charge is 2.19. The minimum absolute atomic E-state index is 0.0647. The molecule has 2 aromatic carbocycles. The molecule has 0 amide bonds. The fourth-order valence-corrected chi connectivity index (χ4v) is 2.23. The number of aliphatic hydroxyl groups is 2. The third-order valence-electron chi connectivity index (χ3n) is 2.95. The van der Waals surface area contributed by atoms with E-state index in [-0.39, 0.29) is 6.42 Å². The van der Waals surface area contributed by atoms with Gasteiger partial charge in [0.05, 0.1) is 6.10 Å². The van der Waals surface area contributed by atoms with Gasteiger partial charge in [-0.3, -0.25) is 0 Å². The topological polar surface area (TPSA) is 40.5 Å². The molecule has 0 bridgehead atoms. The van der Waals surface area contributed by atoms with Crippen molar-refractivity contribution < 1.29 is 14.6 Å². The molecule has 0 radical (unpaired) electrons. The molecule has 2 rings (SSSR count). The smallest absolute Gasteiger partial charge is 0.127 e. The van der Waals surface area contributed by atoms with E-state index < -0.39 is 18.0 Å². The zero-order chi connectivity index (χ0) is 13.8. The quantitative estimate of drug-likeness (QED) is 0.906. The van der Waals surface area contributed by atoms with E-state index in [4.69, 9.17) is 0 Å². The molecular formula is C15H14BrFO2. The van der Waals surface area contributed by atoms with Gasteiger partial charge in [0.1, 0.15) is 11.9 Å². The van der Waals surface area contributed by atoms with E-state index in [1.807, 2.05) is 6.07 Å². The van der Waals surface area contributed by atoms with Crippen molar-refractivity contribution in [2.75, 3.05) is 0 Å². The van der Waals surface area contributed by atoms with Crippen LogP contribution >= 0.6 is 15.9 Å². The number of halogens is 2. The van der Waals surface area contributed by atoms with E-state index in [9.17, 15) is 14.6 Å². The number of benzene rings is 2. The molecule has 0 saturated carbocycles. The first kappa shape index (κ1) is 14.2. The molecule has 0 fully saturated rings. The maximum Gasteiger partial charge on any atom is 0.127 e. The van der Waals surface area contributed by atoms with Gasteiger partial charge in [-0.2, -0.15) is 0 Å². The summed E-state index contributed by atoms with van der Waals surface area (Å²) in [5.74, 6) is -0.395. The second kappa shape index (κ2) is 6.28. The lowest BCUT2D eigenvalue weighted by atomic mass is 9.98. The highest BCUT2D eigenvalue weighted by molar-refractivity contribution is 9.10. The van der Waals surface area contributed by atoms with Gasteiger partial charge in [-0.15, -0.1) is 0 Å². The van der Waals surface area contributed by atoms with E-state index in [1.165, 1.54) is 6.07 Å². The van der Waals surface area contributed by atoms with Crippen molar-refractivity contribution in [3.05, 3.63) is 69.9 Å². The van der Waals surface area contributed by atoms with Crippen LogP contribution in [-0.4, -0.2) is 16.3 Å². The van der Waals surface area contributed by atoms with E-state index in [0.29, 0.717) is 15.6 Å². The first-order valence-corrected chi connectivity index (χ1v) is 6.72. The normalized spacial score (nSPS) is 14.1. The molecule has 2 aromatic rings. The van der Waals surface area contributed by atoms with Crippen molar-refractivity contribution >= 4 is 15.9 Å². The van der Waals surface area contributed by atoms with Crippen LogP contribution in [0.25, 0.3) is 0 Å². The molecule has 0 spiro atoms. The van der Waals surface area contributed by atoms with Gasteiger partial charge in [0.2, 0.25) is 0 Å². The zero-order valence-electron chi connectivity index (χ0n) is 10.1. The Morgan fingerprint density at radius 1 is 1.05 bits per heavy atom. The number of hydrogen-bond donors (Lipinski definition) is 2. The lowest BCUT2D eigenvalue weighted by Crippen LogP contribution is -2.21. The van der Waals surface area contributed by atoms with Gasteiger partial charge in [-0.25, -0.2) is 4.39 Å². The molecule has 2 nitrogen and oxygen atoms in total. The Balaban J connectivity index is 2.10. The SMILES string of the molecule is OC(Cc1ccc(Br)cc1F)C(O)c1ccccc1. The first-order valence-electron chi connectivity index (χ1n) is 5.93. The zero-order valence-corrected chi connectivity index (χ0v) is 11.7. The molecule has 0 aromatic heterocycles. The summed E-state index contributed by atoms with van der Waals surface area (Å²) in [4.78, 5) is 0. The summed E-state index contributed by atoms with van der Waals surface area (Å²) < 4.78 is 14.3. The molecule has 0 aliphatic carbocycles. The summed E-state index contributed by atoms with van der Waals surface area (Å²) in [6, 6.07) is 13.5. The molecule has 0 aliphatic rings. The van der Waals surface area contributed by atoms with Crippen LogP contribution in [0.3, 0.4) is 0 Å². The van der Waals surface area contributed by atoms with Crippen LogP contribution in [0.1, 0.15) is 17.2 Å². The van der Waals surface area contributed by atoms with Crippen LogP contribution in [-0.2, 0) is 6.42 Å². The van der Waals surface area contributed by atoms with Gasteiger partial charge >= 0.3 is 0 Å². The molecule has 2 N–H and O–H groups in total. The average molecular weight is 325 g/mol. The molecule has 0 saturated heterocycles. The van der Waals surface area contributed by atoms with E-state index in [0.717, 1.165) is 0 Å².